The second-order valence-electron chi connectivity index (χ2n) is 3.32. The van der Waals surface area contributed by atoms with Gasteiger partial charge in [-0.1, -0.05) is 12.1 Å². The Balaban J connectivity index is 2.64. The summed E-state index contributed by atoms with van der Waals surface area (Å²) in [5, 5.41) is 13.3. The quantitative estimate of drug-likeness (QED) is 0.318. The van der Waals surface area contributed by atoms with Crippen LogP contribution >= 0.6 is 0 Å². The lowest BCUT2D eigenvalue weighted by atomic mass is 10.1. The van der Waals surface area contributed by atoms with Crippen LogP contribution in [0.3, 0.4) is 0 Å². The average molecular weight is 258 g/mol. The Morgan fingerprint density at radius 3 is 2.41 bits per heavy atom. The van der Waals surface area contributed by atoms with Gasteiger partial charge >= 0.3 is 0 Å². The number of rotatable bonds is 4. The highest BCUT2D eigenvalue weighted by molar-refractivity contribution is 7.89. The third-order valence-corrected chi connectivity index (χ3v) is 2.98. The molecule has 0 heterocycles. The van der Waals surface area contributed by atoms with Crippen LogP contribution in [0.5, 0.6) is 0 Å². The summed E-state index contributed by atoms with van der Waals surface area (Å²) in [6.45, 7) is 0.383. The van der Waals surface area contributed by atoms with Gasteiger partial charge in [0.15, 0.2) is 0 Å². The van der Waals surface area contributed by atoms with Crippen LogP contribution in [0.1, 0.15) is 5.56 Å². The first-order chi connectivity index (χ1) is 7.93. The van der Waals surface area contributed by atoms with Gasteiger partial charge in [0.1, 0.15) is 0 Å². The van der Waals surface area contributed by atoms with Crippen molar-refractivity contribution in [2.24, 2.45) is 15.9 Å². The van der Waals surface area contributed by atoms with Crippen LogP contribution in [0.2, 0.25) is 0 Å². The molecule has 17 heavy (non-hydrogen) atoms. The fraction of sp³-hybridized carbons (Fsp3) is 0.222. The first kappa shape index (κ1) is 13.4. The van der Waals surface area contributed by atoms with Gasteiger partial charge in [-0.3, -0.25) is 10.2 Å². The van der Waals surface area contributed by atoms with E-state index >= 15 is 0 Å². The van der Waals surface area contributed by atoms with Gasteiger partial charge in [-0.15, -0.1) is 0 Å². The number of hydrogen-bond acceptors (Lipinski definition) is 4. The molecule has 94 valence electrons. The molecule has 0 amide bonds. The summed E-state index contributed by atoms with van der Waals surface area (Å²) in [5.74, 6) is -0.0637. The van der Waals surface area contributed by atoms with E-state index in [1.54, 1.807) is 17.6 Å². The highest BCUT2D eigenvalue weighted by Gasteiger charge is 2.06. The topological polar surface area (TPSA) is 131 Å². The fourth-order valence-electron chi connectivity index (χ4n) is 1.19. The minimum atomic E-state index is -3.65. The van der Waals surface area contributed by atoms with Gasteiger partial charge < -0.3 is 5.73 Å². The lowest BCUT2D eigenvalue weighted by molar-refractivity contribution is 0.232. The first-order valence-corrected chi connectivity index (χ1v) is 6.30. The Kier molecular flexibility index (Phi) is 4.44. The molecule has 0 aliphatic heterocycles. The van der Waals surface area contributed by atoms with Crippen molar-refractivity contribution in [3.63, 3.8) is 0 Å². The number of primary sulfonamides is 1. The van der Waals surface area contributed by atoms with Gasteiger partial charge in [0, 0.05) is 6.54 Å². The number of hydroxylamine groups is 1. The van der Waals surface area contributed by atoms with Crippen molar-refractivity contribution in [1.29, 1.82) is 0 Å². The molecule has 0 aliphatic rings. The number of aliphatic imine (C=N–C) groups is 1. The third kappa shape index (κ3) is 4.39. The van der Waals surface area contributed by atoms with E-state index < -0.39 is 10.0 Å². The van der Waals surface area contributed by atoms with Crippen molar-refractivity contribution in [3.8, 4) is 0 Å². The minimum Gasteiger partial charge on any atom is -0.368 e. The third-order valence-electron chi connectivity index (χ3n) is 2.05. The smallest absolute Gasteiger partial charge is 0.238 e. The normalized spacial score (nSPS) is 12.5. The SMILES string of the molecule is NC(=NCCc1ccc(S(N)(=O)=O)cc1)NO. The molecule has 0 aromatic heterocycles. The molecule has 1 aromatic carbocycles. The zero-order valence-electron chi connectivity index (χ0n) is 9.00. The van der Waals surface area contributed by atoms with E-state index in [0.717, 1.165) is 5.56 Å². The molecular weight excluding hydrogens is 244 g/mol. The number of benzene rings is 1. The summed E-state index contributed by atoms with van der Waals surface area (Å²) in [6.07, 6.45) is 0.577. The van der Waals surface area contributed by atoms with Crippen molar-refractivity contribution in [2.75, 3.05) is 6.54 Å². The highest BCUT2D eigenvalue weighted by Crippen LogP contribution is 2.09. The molecular formula is C9H14N4O3S. The molecule has 0 radical (unpaired) electrons. The van der Waals surface area contributed by atoms with E-state index in [2.05, 4.69) is 4.99 Å². The number of nitrogens with zero attached hydrogens (tertiary/aromatic N) is 1. The molecule has 0 aliphatic carbocycles. The van der Waals surface area contributed by atoms with Crippen LogP contribution in [0.15, 0.2) is 34.2 Å². The molecule has 0 atom stereocenters. The Hall–Kier alpha value is -1.64. The summed E-state index contributed by atoms with van der Waals surface area (Å²) in [6, 6.07) is 6.17. The Labute approximate surface area is 99.2 Å². The second kappa shape index (κ2) is 5.62. The standard InChI is InChI=1S/C9H14N4O3S/c10-9(13-14)12-6-5-7-1-3-8(4-2-7)17(11,15)16/h1-4,14H,5-6H2,(H3,10,12,13)(H2,11,15,16). The average Bonchev–Trinajstić information content (AvgIpc) is 2.28. The van der Waals surface area contributed by atoms with E-state index in [4.69, 9.17) is 16.1 Å². The maximum atomic E-state index is 11.0. The molecule has 0 fully saturated rings. The van der Waals surface area contributed by atoms with Gasteiger partial charge in [0.05, 0.1) is 4.90 Å². The molecule has 0 saturated carbocycles. The van der Waals surface area contributed by atoms with Crippen molar-refractivity contribution in [1.82, 2.24) is 5.48 Å². The largest absolute Gasteiger partial charge is 0.368 e. The maximum absolute atomic E-state index is 11.0. The lowest BCUT2D eigenvalue weighted by Gasteiger charge is -2.01. The predicted molar refractivity (Wildman–Crippen MR) is 62.9 cm³/mol. The lowest BCUT2D eigenvalue weighted by Crippen LogP contribution is -2.28. The zero-order valence-corrected chi connectivity index (χ0v) is 9.81. The molecule has 0 saturated heterocycles. The molecule has 0 unspecified atom stereocenters. The van der Waals surface area contributed by atoms with Crippen molar-refractivity contribution < 1.29 is 13.6 Å². The van der Waals surface area contributed by atoms with Gasteiger partial charge in [-0.2, -0.15) is 0 Å². The Bertz CT molecular complexity index is 495. The van der Waals surface area contributed by atoms with Crippen LogP contribution in [0.25, 0.3) is 0 Å². The summed E-state index contributed by atoms with van der Waals surface area (Å²) >= 11 is 0. The molecule has 7 nitrogen and oxygen atoms in total. The maximum Gasteiger partial charge on any atom is 0.238 e. The van der Waals surface area contributed by atoms with Crippen LogP contribution in [-0.2, 0) is 16.4 Å². The van der Waals surface area contributed by atoms with Crippen molar-refractivity contribution in [3.05, 3.63) is 29.8 Å². The molecule has 0 spiro atoms. The molecule has 6 N–H and O–H groups in total. The van der Waals surface area contributed by atoms with Crippen LogP contribution in [0, 0.1) is 0 Å². The van der Waals surface area contributed by atoms with E-state index in [9.17, 15) is 8.42 Å². The van der Waals surface area contributed by atoms with Crippen LogP contribution in [-0.4, -0.2) is 26.1 Å². The zero-order chi connectivity index (χ0) is 12.9. The van der Waals surface area contributed by atoms with Crippen LogP contribution in [0.4, 0.5) is 0 Å². The predicted octanol–water partition coefficient (Wildman–Crippen LogP) is -0.830. The van der Waals surface area contributed by atoms with Crippen molar-refractivity contribution in [2.45, 2.75) is 11.3 Å². The van der Waals surface area contributed by atoms with Crippen molar-refractivity contribution >= 4 is 16.0 Å². The van der Waals surface area contributed by atoms with E-state index in [0.29, 0.717) is 13.0 Å². The summed E-state index contributed by atoms with van der Waals surface area (Å²) in [5.41, 5.74) is 7.82. The molecule has 1 rings (SSSR count). The molecule has 1 aromatic rings. The Morgan fingerprint density at radius 2 is 1.94 bits per heavy atom. The van der Waals surface area contributed by atoms with Gasteiger partial charge in [-0.05, 0) is 24.1 Å². The summed E-state index contributed by atoms with van der Waals surface area (Å²) < 4.78 is 22.0. The summed E-state index contributed by atoms with van der Waals surface area (Å²) in [7, 11) is -3.65. The van der Waals surface area contributed by atoms with Gasteiger partial charge in [0.25, 0.3) is 0 Å². The van der Waals surface area contributed by atoms with E-state index in [1.807, 2.05) is 0 Å². The summed E-state index contributed by atoms with van der Waals surface area (Å²) in [4.78, 5) is 3.87. The monoisotopic (exact) mass is 258 g/mol. The molecule has 8 heteroatoms. The first-order valence-electron chi connectivity index (χ1n) is 4.75. The number of guanidine groups is 1. The van der Waals surface area contributed by atoms with Gasteiger partial charge in [-0.25, -0.2) is 19.0 Å². The second-order valence-corrected chi connectivity index (χ2v) is 4.88. The fourth-order valence-corrected chi connectivity index (χ4v) is 1.70. The van der Waals surface area contributed by atoms with Crippen LogP contribution < -0.4 is 16.4 Å². The minimum absolute atomic E-state index is 0.0637. The molecule has 0 bridgehead atoms. The highest BCUT2D eigenvalue weighted by atomic mass is 32.2. The van der Waals surface area contributed by atoms with E-state index in [-0.39, 0.29) is 10.9 Å². The number of hydrogen-bond donors (Lipinski definition) is 4. The number of sulfonamides is 1. The Morgan fingerprint density at radius 1 is 1.35 bits per heavy atom. The number of nitrogens with two attached hydrogens (primary N) is 2. The number of nitrogens with one attached hydrogen (secondary N) is 1. The van der Waals surface area contributed by atoms with E-state index in [1.165, 1.54) is 12.1 Å². The van der Waals surface area contributed by atoms with Gasteiger partial charge in [0.2, 0.25) is 16.0 Å².